The minimum atomic E-state index is -1.61. The summed E-state index contributed by atoms with van der Waals surface area (Å²) in [5, 5.41) is 81.6. The zero-order chi connectivity index (χ0) is 24.7. The lowest BCUT2D eigenvalue weighted by molar-refractivity contribution is -0.334. The lowest BCUT2D eigenvalue weighted by Crippen LogP contribution is -2.62. The van der Waals surface area contributed by atoms with Crippen molar-refractivity contribution in [3.05, 3.63) is 0 Å². The summed E-state index contributed by atoms with van der Waals surface area (Å²) in [6.45, 7) is -0.598. The van der Waals surface area contributed by atoms with E-state index < -0.39 is 86.1 Å². The van der Waals surface area contributed by atoms with Gasteiger partial charge in [0.15, 0.2) is 6.29 Å². The van der Waals surface area contributed by atoms with Gasteiger partial charge in [-0.15, -0.1) is 0 Å². The van der Waals surface area contributed by atoms with Crippen molar-refractivity contribution >= 4 is 0 Å². The molecule has 10 unspecified atom stereocenters. The molecule has 4 rings (SSSR count). The molecule has 12 nitrogen and oxygen atoms in total. The van der Waals surface area contributed by atoms with E-state index in [-0.39, 0.29) is 24.7 Å². The summed E-state index contributed by atoms with van der Waals surface area (Å²) in [5.41, 5.74) is 0. The molecule has 8 N–H and O–H groups in total. The molecular weight excluding hydrogens is 456 g/mol. The molecule has 2 heterocycles. The fourth-order valence-electron chi connectivity index (χ4n) is 6.03. The van der Waals surface area contributed by atoms with E-state index in [9.17, 15) is 40.9 Å². The van der Waals surface area contributed by atoms with Gasteiger partial charge in [-0.1, -0.05) is 0 Å². The van der Waals surface area contributed by atoms with Crippen LogP contribution in [0, 0.1) is 11.8 Å². The first kappa shape index (κ1) is 26.6. The Balaban J connectivity index is 1.57. The number of fused-ring (bicyclic) bond motifs is 1. The van der Waals surface area contributed by atoms with Crippen LogP contribution in [0.25, 0.3) is 0 Å². The molecule has 4 aliphatic rings. The minimum Gasteiger partial charge on any atom is -0.394 e. The van der Waals surface area contributed by atoms with Gasteiger partial charge in [-0.3, -0.25) is 0 Å². The summed E-state index contributed by atoms with van der Waals surface area (Å²) in [5.74, 6) is -0.678. The molecule has 0 radical (unpaired) electrons. The SMILES string of the molecule is COC1CC(C2OC3CC(O)CC(O)C3CC2O[C@@H]2O[C@H](CO)[C@H](O)[C@H](O)[C@H]2O)CC(O)C1O. The number of rotatable bonds is 5. The topological polar surface area (TPSA) is 199 Å². The van der Waals surface area contributed by atoms with Gasteiger partial charge in [-0.25, -0.2) is 0 Å². The molecule has 0 aromatic carbocycles. The van der Waals surface area contributed by atoms with Crippen LogP contribution in [-0.2, 0) is 18.9 Å². The maximum atomic E-state index is 10.6. The first-order valence-electron chi connectivity index (χ1n) is 12.0. The second-order valence-corrected chi connectivity index (χ2v) is 10.2. The highest BCUT2D eigenvalue weighted by Crippen LogP contribution is 2.43. The van der Waals surface area contributed by atoms with E-state index in [1.165, 1.54) is 7.11 Å². The Labute approximate surface area is 197 Å². The van der Waals surface area contributed by atoms with Crippen LogP contribution >= 0.6 is 0 Å². The predicted octanol–water partition coefficient (Wildman–Crippen LogP) is -3.39. The van der Waals surface area contributed by atoms with Crippen molar-refractivity contribution < 1.29 is 59.8 Å². The molecule has 0 amide bonds. The van der Waals surface area contributed by atoms with Gasteiger partial charge in [-0.2, -0.15) is 0 Å². The van der Waals surface area contributed by atoms with Gasteiger partial charge in [0.2, 0.25) is 0 Å². The van der Waals surface area contributed by atoms with Gasteiger partial charge in [0.25, 0.3) is 0 Å². The molecule has 4 fully saturated rings. The lowest BCUT2D eigenvalue weighted by Gasteiger charge is -2.51. The highest BCUT2D eigenvalue weighted by molar-refractivity contribution is 5.00. The lowest BCUT2D eigenvalue weighted by atomic mass is 9.72. The van der Waals surface area contributed by atoms with Gasteiger partial charge < -0.3 is 59.8 Å². The second kappa shape index (κ2) is 10.9. The molecular formula is C22H38O12. The van der Waals surface area contributed by atoms with Gasteiger partial charge >= 0.3 is 0 Å². The van der Waals surface area contributed by atoms with Crippen LogP contribution in [-0.4, -0.2) is 134 Å². The Hall–Kier alpha value is -0.480. The first-order chi connectivity index (χ1) is 16.1. The molecule has 2 aliphatic heterocycles. The Morgan fingerprint density at radius 2 is 1.47 bits per heavy atom. The zero-order valence-electron chi connectivity index (χ0n) is 19.1. The van der Waals surface area contributed by atoms with Crippen molar-refractivity contribution in [3.63, 3.8) is 0 Å². The average molecular weight is 495 g/mol. The van der Waals surface area contributed by atoms with Crippen molar-refractivity contribution in [2.75, 3.05) is 13.7 Å². The van der Waals surface area contributed by atoms with E-state index in [2.05, 4.69) is 0 Å². The number of methoxy groups -OCH3 is 1. The Kier molecular flexibility index (Phi) is 8.50. The first-order valence-corrected chi connectivity index (χ1v) is 12.0. The third-order valence-electron chi connectivity index (χ3n) is 7.97. The molecule has 2 saturated carbocycles. The summed E-state index contributed by atoms with van der Waals surface area (Å²) < 4.78 is 23.3. The Bertz CT molecular complexity index is 666. The van der Waals surface area contributed by atoms with E-state index in [4.69, 9.17) is 18.9 Å². The number of ether oxygens (including phenoxy) is 4. The van der Waals surface area contributed by atoms with Gasteiger partial charge in [0, 0.05) is 13.0 Å². The van der Waals surface area contributed by atoms with E-state index in [1.54, 1.807) is 0 Å². The largest absolute Gasteiger partial charge is 0.394 e. The van der Waals surface area contributed by atoms with Crippen LogP contribution in [0.1, 0.15) is 32.1 Å². The van der Waals surface area contributed by atoms with Crippen molar-refractivity contribution in [1.82, 2.24) is 0 Å². The fraction of sp³-hybridized carbons (Fsp3) is 1.00. The second-order valence-electron chi connectivity index (χ2n) is 10.2. The molecule has 198 valence electrons. The average Bonchev–Trinajstić information content (AvgIpc) is 2.81. The number of aliphatic hydroxyl groups is 8. The van der Waals surface area contributed by atoms with E-state index in [1.807, 2.05) is 0 Å². The number of hydrogen-bond donors (Lipinski definition) is 8. The van der Waals surface area contributed by atoms with Crippen LogP contribution in [0.5, 0.6) is 0 Å². The van der Waals surface area contributed by atoms with Crippen LogP contribution in [0.4, 0.5) is 0 Å². The standard InChI is InChI=1S/C22H38O12/c1-31-14-3-8(2-12(26)17(14)27)21-15(6-10-11(25)4-9(24)5-13(10)32-21)33-22-20(30)19(29)18(28)16(7-23)34-22/h8-30H,2-7H2,1H3/t8?,9?,10?,11?,12?,13?,14?,15?,16-,17?,18+,19+,20-,21?,22-/m1/s1. The molecule has 15 atom stereocenters. The van der Waals surface area contributed by atoms with Crippen LogP contribution in [0.3, 0.4) is 0 Å². The maximum absolute atomic E-state index is 10.6. The normalized spacial score (nSPS) is 54.4. The summed E-state index contributed by atoms with van der Waals surface area (Å²) in [6, 6.07) is 0. The summed E-state index contributed by atoms with van der Waals surface area (Å²) in [7, 11) is 1.44. The highest BCUT2D eigenvalue weighted by atomic mass is 16.7. The maximum Gasteiger partial charge on any atom is 0.187 e. The summed E-state index contributed by atoms with van der Waals surface area (Å²) >= 11 is 0. The molecule has 0 aromatic heterocycles. The quantitative estimate of drug-likeness (QED) is 0.189. The predicted molar refractivity (Wildman–Crippen MR) is 112 cm³/mol. The number of hydrogen-bond acceptors (Lipinski definition) is 12. The molecule has 0 bridgehead atoms. The van der Waals surface area contributed by atoms with Crippen LogP contribution in [0.2, 0.25) is 0 Å². The Morgan fingerprint density at radius 1 is 0.735 bits per heavy atom. The van der Waals surface area contributed by atoms with Crippen molar-refractivity contribution in [1.29, 1.82) is 0 Å². The van der Waals surface area contributed by atoms with Gasteiger partial charge in [-0.05, 0) is 38.0 Å². The zero-order valence-corrected chi connectivity index (χ0v) is 19.1. The number of aliphatic hydroxyl groups excluding tert-OH is 8. The summed E-state index contributed by atoms with van der Waals surface area (Å²) in [6.07, 6.45) is -12.0. The fourth-order valence-corrected chi connectivity index (χ4v) is 6.03. The van der Waals surface area contributed by atoms with Crippen molar-refractivity contribution in [3.8, 4) is 0 Å². The highest BCUT2D eigenvalue weighted by Gasteiger charge is 2.52. The third kappa shape index (κ3) is 5.15. The molecule has 12 heteroatoms. The van der Waals surface area contributed by atoms with Crippen LogP contribution in [0.15, 0.2) is 0 Å². The van der Waals surface area contributed by atoms with E-state index >= 15 is 0 Å². The third-order valence-corrected chi connectivity index (χ3v) is 7.97. The minimum absolute atomic E-state index is 0.196. The van der Waals surface area contributed by atoms with Crippen LogP contribution < -0.4 is 0 Å². The molecule has 34 heavy (non-hydrogen) atoms. The van der Waals surface area contributed by atoms with Crippen molar-refractivity contribution in [2.45, 2.75) is 112 Å². The van der Waals surface area contributed by atoms with Gasteiger partial charge in [0.05, 0.1) is 49.3 Å². The summed E-state index contributed by atoms with van der Waals surface area (Å²) in [4.78, 5) is 0. The monoisotopic (exact) mass is 494 g/mol. The molecule has 0 spiro atoms. The van der Waals surface area contributed by atoms with Crippen molar-refractivity contribution in [2.24, 2.45) is 11.8 Å². The molecule has 2 saturated heterocycles. The molecule has 0 aromatic rings. The van der Waals surface area contributed by atoms with Gasteiger partial charge in [0.1, 0.15) is 30.5 Å². The molecule has 2 aliphatic carbocycles. The van der Waals surface area contributed by atoms with E-state index in [0.717, 1.165) is 0 Å². The smallest absolute Gasteiger partial charge is 0.187 e. The Morgan fingerprint density at radius 3 is 2.15 bits per heavy atom. The van der Waals surface area contributed by atoms with E-state index in [0.29, 0.717) is 19.3 Å².